The molecule has 0 saturated heterocycles. The Kier molecular flexibility index (Phi) is 4.96. The van der Waals surface area contributed by atoms with Gasteiger partial charge in [0, 0.05) is 12.0 Å². The summed E-state index contributed by atoms with van der Waals surface area (Å²) < 4.78 is 40.2. The Hall–Kier alpha value is -1.88. The number of hydrogen-bond acceptors (Lipinski definition) is 4. The molecule has 1 aromatic heterocycles. The minimum absolute atomic E-state index is 0.0613. The third-order valence-electron chi connectivity index (χ3n) is 2.44. The molecule has 1 aromatic carbocycles. The van der Waals surface area contributed by atoms with Crippen LogP contribution in [0.2, 0.25) is 0 Å². The average Bonchev–Trinajstić information content (AvgIpc) is 2.97. The number of sulfonamides is 1. The van der Waals surface area contributed by atoms with Crippen LogP contribution in [0.25, 0.3) is 0 Å². The Morgan fingerprint density at radius 2 is 2.14 bits per heavy atom. The standard InChI is InChI=1S/C14H12FNO3S2/c15-12-10-11(4-1-2-8-17)6-7-13(12)16-21(18,19)14-5-3-9-20-14/h3,5-7,9-10,16-17H,2,8H2. The number of rotatable bonds is 4. The van der Waals surface area contributed by atoms with Gasteiger partial charge < -0.3 is 5.11 Å². The van der Waals surface area contributed by atoms with Crippen molar-refractivity contribution in [1.82, 2.24) is 0 Å². The average molecular weight is 325 g/mol. The van der Waals surface area contributed by atoms with Crippen molar-refractivity contribution in [3.05, 3.63) is 47.1 Å². The second kappa shape index (κ2) is 6.72. The number of aliphatic hydroxyl groups is 1. The molecule has 2 rings (SSSR count). The smallest absolute Gasteiger partial charge is 0.271 e. The van der Waals surface area contributed by atoms with Crippen molar-refractivity contribution < 1.29 is 17.9 Å². The van der Waals surface area contributed by atoms with E-state index in [1.807, 2.05) is 0 Å². The largest absolute Gasteiger partial charge is 0.395 e. The van der Waals surface area contributed by atoms with Gasteiger partial charge in [0.2, 0.25) is 0 Å². The zero-order valence-corrected chi connectivity index (χ0v) is 12.5. The molecule has 1 heterocycles. The van der Waals surface area contributed by atoms with Crippen LogP contribution < -0.4 is 4.72 Å². The van der Waals surface area contributed by atoms with E-state index in [1.165, 1.54) is 18.2 Å². The fourth-order valence-electron chi connectivity index (χ4n) is 1.51. The molecular formula is C14H12FNO3S2. The normalized spacial score (nSPS) is 10.8. The highest BCUT2D eigenvalue weighted by molar-refractivity contribution is 7.94. The molecule has 7 heteroatoms. The molecule has 0 radical (unpaired) electrons. The third-order valence-corrected chi connectivity index (χ3v) is 5.21. The zero-order chi connectivity index (χ0) is 15.3. The van der Waals surface area contributed by atoms with Crippen molar-refractivity contribution in [1.29, 1.82) is 0 Å². The first-order chi connectivity index (χ1) is 10.0. The quantitative estimate of drug-likeness (QED) is 0.849. The number of hydrogen-bond donors (Lipinski definition) is 2. The minimum atomic E-state index is -3.77. The van der Waals surface area contributed by atoms with Crippen molar-refractivity contribution in [2.24, 2.45) is 0 Å². The minimum Gasteiger partial charge on any atom is -0.395 e. The number of nitrogens with one attached hydrogen (secondary N) is 1. The van der Waals surface area contributed by atoms with E-state index in [4.69, 9.17) is 5.11 Å². The summed E-state index contributed by atoms with van der Waals surface area (Å²) in [5.74, 6) is 4.64. The SMILES string of the molecule is O=S(=O)(Nc1ccc(C#CCCO)cc1F)c1cccs1. The molecule has 0 bridgehead atoms. The van der Waals surface area contributed by atoms with Crippen LogP contribution in [0.4, 0.5) is 10.1 Å². The van der Waals surface area contributed by atoms with Crippen LogP contribution in [0.3, 0.4) is 0 Å². The van der Waals surface area contributed by atoms with Crippen molar-refractivity contribution in [2.75, 3.05) is 11.3 Å². The molecular weight excluding hydrogens is 313 g/mol. The van der Waals surface area contributed by atoms with Crippen LogP contribution in [-0.2, 0) is 10.0 Å². The molecule has 110 valence electrons. The molecule has 0 spiro atoms. The summed E-state index contributed by atoms with van der Waals surface area (Å²) in [5.41, 5.74) is 0.288. The first kappa shape index (κ1) is 15.5. The molecule has 4 nitrogen and oxygen atoms in total. The van der Waals surface area contributed by atoms with Crippen molar-refractivity contribution in [2.45, 2.75) is 10.6 Å². The van der Waals surface area contributed by atoms with E-state index in [9.17, 15) is 12.8 Å². The number of aliphatic hydroxyl groups excluding tert-OH is 1. The van der Waals surface area contributed by atoms with Gasteiger partial charge in [-0.15, -0.1) is 11.3 Å². The summed E-state index contributed by atoms with van der Waals surface area (Å²) in [4.78, 5) is 0. The van der Waals surface area contributed by atoms with Gasteiger partial charge in [0.05, 0.1) is 12.3 Å². The molecule has 0 aliphatic rings. The Bertz CT molecular complexity index is 774. The number of anilines is 1. The summed E-state index contributed by atoms with van der Waals surface area (Å²) in [6, 6.07) is 7.04. The van der Waals surface area contributed by atoms with E-state index < -0.39 is 15.8 Å². The predicted octanol–water partition coefficient (Wildman–Crippen LogP) is 2.42. The molecule has 0 aliphatic carbocycles. The Morgan fingerprint density at radius 3 is 2.76 bits per heavy atom. The van der Waals surface area contributed by atoms with Crippen LogP contribution in [0.5, 0.6) is 0 Å². The van der Waals surface area contributed by atoms with Crippen LogP contribution in [-0.4, -0.2) is 20.1 Å². The highest BCUT2D eigenvalue weighted by atomic mass is 32.2. The van der Waals surface area contributed by atoms with Crippen LogP contribution >= 0.6 is 11.3 Å². The van der Waals surface area contributed by atoms with E-state index in [0.717, 1.165) is 17.4 Å². The Morgan fingerprint density at radius 1 is 1.33 bits per heavy atom. The van der Waals surface area contributed by atoms with E-state index in [0.29, 0.717) is 12.0 Å². The van der Waals surface area contributed by atoms with Crippen molar-refractivity contribution >= 4 is 27.0 Å². The summed E-state index contributed by atoms with van der Waals surface area (Å²) in [7, 11) is -3.77. The summed E-state index contributed by atoms with van der Waals surface area (Å²) in [6.45, 7) is -0.0613. The van der Waals surface area contributed by atoms with Gasteiger partial charge in [0.15, 0.2) is 0 Å². The lowest BCUT2D eigenvalue weighted by Gasteiger charge is -2.07. The highest BCUT2D eigenvalue weighted by Gasteiger charge is 2.17. The monoisotopic (exact) mass is 325 g/mol. The van der Waals surface area contributed by atoms with Gasteiger partial charge in [0.25, 0.3) is 10.0 Å². The summed E-state index contributed by atoms with van der Waals surface area (Å²) >= 11 is 1.05. The molecule has 2 N–H and O–H groups in total. The third kappa shape index (κ3) is 4.04. The maximum Gasteiger partial charge on any atom is 0.271 e. The van der Waals surface area contributed by atoms with Gasteiger partial charge >= 0.3 is 0 Å². The van der Waals surface area contributed by atoms with Gasteiger partial charge in [-0.3, -0.25) is 4.72 Å². The topological polar surface area (TPSA) is 66.4 Å². The highest BCUT2D eigenvalue weighted by Crippen LogP contribution is 2.22. The number of thiophene rings is 1. The fraction of sp³-hybridized carbons (Fsp3) is 0.143. The van der Waals surface area contributed by atoms with Crippen LogP contribution in [0.1, 0.15) is 12.0 Å². The fourth-order valence-corrected chi connectivity index (χ4v) is 3.57. The van der Waals surface area contributed by atoms with E-state index in [2.05, 4.69) is 16.6 Å². The predicted molar refractivity (Wildman–Crippen MR) is 80.1 cm³/mol. The Balaban J connectivity index is 2.21. The van der Waals surface area contributed by atoms with E-state index >= 15 is 0 Å². The Labute approximate surface area is 126 Å². The molecule has 0 amide bonds. The molecule has 0 fully saturated rings. The zero-order valence-electron chi connectivity index (χ0n) is 10.8. The number of benzene rings is 1. The maximum absolute atomic E-state index is 13.9. The second-order valence-corrected chi connectivity index (χ2v) is 6.86. The van der Waals surface area contributed by atoms with Crippen molar-refractivity contribution in [3.8, 4) is 11.8 Å². The lowest BCUT2D eigenvalue weighted by Crippen LogP contribution is -2.12. The number of halogens is 1. The lowest BCUT2D eigenvalue weighted by atomic mass is 10.2. The van der Waals surface area contributed by atoms with Gasteiger partial charge in [-0.2, -0.15) is 0 Å². The van der Waals surface area contributed by atoms with Gasteiger partial charge in [-0.05, 0) is 29.6 Å². The first-order valence-corrected chi connectivity index (χ1v) is 8.35. The second-order valence-electron chi connectivity index (χ2n) is 4.01. The van der Waals surface area contributed by atoms with Crippen LogP contribution in [0.15, 0.2) is 39.9 Å². The van der Waals surface area contributed by atoms with Gasteiger partial charge in [0.1, 0.15) is 10.0 Å². The molecule has 0 saturated carbocycles. The summed E-state index contributed by atoms with van der Waals surface area (Å²) in [6.07, 6.45) is 0.300. The van der Waals surface area contributed by atoms with E-state index in [1.54, 1.807) is 11.4 Å². The van der Waals surface area contributed by atoms with E-state index in [-0.39, 0.29) is 16.5 Å². The molecule has 0 atom stereocenters. The van der Waals surface area contributed by atoms with Crippen LogP contribution in [0, 0.1) is 17.7 Å². The first-order valence-electron chi connectivity index (χ1n) is 5.98. The maximum atomic E-state index is 13.9. The molecule has 2 aromatic rings. The molecule has 0 aliphatic heterocycles. The van der Waals surface area contributed by atoms with Gasteiger partial charge in [-0.25, -0.2) is 12.8 Å². The van der Waals surface area contributed by atoms with Crippen molar-refractivity contribution in [3.63, 3.8) is 0 Å². The molecule has 21 heavy (non-hydrogen) atoms. The molecule has 0 unspecified atom stereocenters. The van der Waals surface area contributed by atoms with Gasteiger partial charge in [-0.1, -0.05) is 17.9 Å². The summed E-state index contributed by atoms with van der Waals surface area (Å²) in [5, 5.41) is 10.2. The lowest BCUT2D eigenvalue weighted by molar-refractivity contribution is 0.305.